The van der Waals surface area contributed by atoms with Crippen molar-refractivity contribution in [2.75, 3.05) is 25.5 Å². The Bertz CT molecular complexity index is 1010. The highest BCUT2D eigenvalue weighted by molar-refractivity contribution is 6.09. The topological polar surface area (TPSA) is 98.8 Å². The van der Waals surface area contributed by atoms with Crippen LogP contribution in [-0.4, -0.2) is 53.7 Å². The second-order valence-electron chi connectivity index (χ2n) is 7.62. The maximum Gasteiger partial charge on any atom is 0.325 e. The van der Waals surface area contributed by atoms with Crippen LogP contribution >= 0.6 is 0 Å². The molecule has 1 fully saturated rings. The van der Waals surface area contributed by atoms with E-state index >= 15 is 0 Å². The molecule has 0 unspecified atom stereocenters. The molecule has 1 saturated heterocycles. The van der Waals surface area contributed by atoms with Crippen molar-refractivity contribution in [3.8, 4) is 0 Å². The molecule has 162 valence electrons. The number of hydrogen-bond acceptors (Lipinski definition) is 4. The minimum absolute atomic E-state index is 0.198. The molecule has 2 aromatic rings. The first-order chi connectivity index (χ1) is 14.8. The lowest BCUT2D eigenvalue weighted by molar-refractivity contribution is -0.139. The smallest absolute Gasteiger partial charge is 0.325 e. The quantitative estimate of drug-likeness (QED) is 0.668. The highest BCUT2D eigenvalue weighted by Gasteiger charge is 2.49. The fourth-order valence-corrected chi connectivity index (χ4v) is 3.51. The normalized spacial score (nSPS) is 18.0. The van der Waals surface area contributed by atoms with Crippen LogP contribution in [0.4, 0.5) is 10.5 Å². The summed E-state index contributed by atoms with van der Waals surface area (Å²) >= 11 is 0. The SMILES string of the molecule is CCc1ccccc1NC(=O)CN(C)C(=O)CN1C(=O)N[C@](C)(c2ccccc2)C1=O. The standard InChI is InChI=1S/C23H26N4O4/c1-4-16-10-8-9-13-18(16)24-19(28)14-26(3)20(29)15-27-21(30)23(2,25-22(27)31)17-11-6-5-7-12-17/h5-13H,4,14-15H2,1-3H3,(H,24,28)(H,25,31)/t23-/m1/s1. The molecule has 8 heteroatoms. The number of benzene rings is 2. The Hall–Kier alpha value is -3.68. The van der Waals surface area contributed by atoms with Crippen molar-refractivity contribution < 1.29 is 19.2 Å². The molecular formula is C23H26N4O4. The van der Waals surface area contributed by atoms with Crippen molar-refractivity contribution in [3.63, 3.8) is 0 Å². The van der Waals surface area contributed by atoms with E-state index in [1.165, 1.54) is 11.9 Å². The largest absolute Gasteiger partial charge is 0.335 e. The first-order valence-corrected chi connectivity index (χ1v) is 10.1. The van der Waals surface area contributed by atoms with Gasteiger partial charge in [-0.25, -0.2) is 4.79 Å². The molecule has 2 N–H and O–H groups in total. The summed E-state index contributed by atoms with van der Waals surface area (Å²) in [4.78, 5) is 52.4. The molecule has 1 aliphatic rings. The lowest BCUT2D eigenvalue weighted by Crippen LogP contribution is -2.45. The van der Waals surface area contributed by atoms with E-state index in [1.807, 2.05) is 31.2 Å². The van der Waals surface area contributed by atoms with Crippen LogP contribution in [0.3, 0.4) is 0 Å². The predicted molar refractivity (Wildman–Crippen MR) is 116 cm³/mol. The van der Waals surface area contributed by atoms with Crippen molar-refractivity contribution >= 4 is 29.4 Å². The number of aryl methyl sites for hydroxylation is 1. The zero-order valence-corrected chi connectivity index (χ0v) is 17.8. The number of likely N-dealkylation sites (N-methyl/N-ethyl adjacent to an activating group) is 1. The molecule has 2 aromatic carbocycles. The number of imide groups is 1. The molecule has 0 saturated carbocycles. The van der Waals surface area contributed by atoms with Crippen LogP contribution in [0.2, 0.25) is 0 Å². The number of urea groups is 1. The third-order valence-electron chi connectivity index (χ3n) is 5.40. The van der Waals surface area contributed by atoms with Crippen LogP contribution in [-0.2, 0) is 26.3 Å². The van der Waals surface area contributed by atoms with Gasteiger partial charge >= 0.3 is 6.03 Å². The van der Waals surface area contributed by atoms with Gasteiger partial charge in [-0.15, -0.1) is 0 Å². The minimum atomic E-state index is -1.24. The highest BCUT2D eigenvalue weighted by atomic mass is 16.2. The Morgan fingerprint density at radius 2 is 1.71 bits per heavy atom. The molecule has 0 spiro atoms. The number of hydrogen-bond donors (Lipinski definition) is 2. The van der Waals surface area contributed by atoms with E-state index in [2.05, 4.69) is 10.6 Å². The summed E-state index contributed by atoms with van der Waals surface area (Å²) in [6, 6.07) is 15.7. The van der Waals surface area contributed by atoms with Gasteiger partial charge in [-0.3, -0.25) is 19.3 Å². The number of para-hydroxylation sites is 1. The van der Waals surface area contributed by atoms with Crippen molar-refractivity contribution in [1.29, 1.82) is 0 Å². The summed E-state index contributed by atoms with van der Waals surface area (Å²) in [5, 5.41) is 5.46. The van der Waals surface area contributed by atoms with Gasteiger partial charge in [0, 0.05) is 12.7 Å². The van der Waals surface area contributed by atoms with Crippen LogP contribution in [0.1, 0.15) is 25.0 Å². The Kier molecular flexibility index (Phi) is 6.39. The van der Waals surface area contributed by atoms with E-state index in [0.29, 0.717) is 11.3 Å². The molecule has 31 heavy (non-hydrogen) atoms. The number of nitrogens with zero attached hydrogens (tertiary/aromatic N) is 2. The summed E-state index contributed by atoms with van der Waals surface area (Å²) in [5.41, 5.74) is 1.08. The Balaban J connectivity index is 1.62. The molecule has 8 nitrogen and oxygen atoms in total. The fraction of sp³-hybridized carbons (Fsp3) is 0.304. The van der Waals surface area contributed by atoms with Gasteiger partial charge < -0.3 is 15.5 Å². The summed E-state index contributed by atoms with van der Waals surface area (Å²) in [6.45, 7) is 2.95. The number of anilines is 1. The Morgan fingerprint density at radius 3 is 2.39 bits per heavy atom. The van der Waals surface area contributed by atoms with E-state index in [-0.39, 0.29) is 12.5 Å². The van der Waals surface area contributed by atoms with Crippen molar-refractivity contribution in [2.24, 2.45) is 0 Å². The first kappa shape index (κ1) is 22.0. The molecule has 1 heterocycles. The monoisotopic (exact) mass is 422 g/mol. The van der Waals surface area contributed by atoms with Crippen molar-refractivity contribution in [2.45, 2.75) is 25.8 Å². The van der Waals surface area contributed by atoms with Crippen LogP contribution in [0, 0.1) is 0 Å². The first-order valence-electron chi connectivity index (χ1n) is 10.1. The zero-order chi connectivity index (χ0) is 22.6. The van der Waals surface area contributed by atoms with Crippen LogP contribution in [0.5, 0.6) is 0 Å². The maximum atomic E-state index is 12.9. The molecule has 1 atom stereocenters. The van der Waals surface area contributed by atoms with E-state index in [1.54, 1.807) is 37.3 Å². The third kappa shape index (κ3) is 4.58. The second kappa shape index (κ2) is 8.99. The molecule has 5 amide bonds. The van der Waals surface area contributed by atoms with E-state index in [4.69, 9.17) is 0 Å². The van der Waals surface area contributed by atoms with Crippen LogP contribution in [0.15, 0.2) is 54.6 Å². The minimum Gasteiger partial charge on any atom is -0.335 e. The number of carbonyl (C=O) groups excluding carboxylic acids is 4. The van der Waals surface area contributed by atoms with E-state index in [0.717, 1.165) is 16.9 Å². The van der Waals surface area contributed by atoms with Gasteiger partial charge in [0.15, 0.2) is 0 Å². The molecule has 0 aliphatic carbocycles. The molecule has 0 bridgehead atoms. The van der Waals surface area contributed by atoms with Gasteiger partial charge in [0.25, 0.3) is 5.91 Å². The second-order valence-corrected chi connectivity index (χ2v) is 7.62. The third-order valence-corrected chi connectivity index (χ3v) is 5.40. The molecule has 1 aliphatic heterocycles. The van der Waals surface area contributed by atoms with Crippen molar-refractivity contribution in [3.05, 3.63) is 65.7 Å². The lowest BCUT2D eigenvalue weighted by Gasteiger charge is -2.23. The summed E-state index contributed by atoms with van der Waals surface area (Å²) in [5.74, 6) is -1.38. The maximum absolute atomic E-state index is 12.9. The van der Waals surface area contributed by atoms with Crippen LogP contribution in [0.25, 0.3) is 0 Å². The average molecular weight is 422 g/mol. The molecule has 0 radical (unpaired) electrons. The predicted octanol–water partition coefficient (Wildman–Crippen LogP) is 2.11. The number of carbonyl (C=O) groups is 4. The number of rotatable bonds is 7. The highest BCUT2D eigenvalue weighted by Crippen LogP contribution is 2.28. The van der Waals surface area contributed by atoms with Gasteiger partial charge in [0.1, 0.15) is 12.1 Å². The molecular weight excluding hydrogens is 396 g/mol. The molecule has 0 aromatic heterocycles. The summed E-state index contributed by atoms with van der Waals surface area (Å²) < 4.78 is 0. The summed E-state index contributed by atoms with van der Waals surface area (Å²) in [7, 11) is 1.46. The Labute approximate surface area is 181 Å². The number of amides is 5. The number of nitrogens with one attached hydrogen (secondary N) is 2. The zero-order valence-electron chi connectivity index (χ0n) is 17.8. The molecule has 3 rings (SSSR count). The van der Waals surface area contributed by atoms with Gasteiger partial charge in [0.2, 0.25) is 11.8 Å². The van der Waals surface area contributed by atoms with Crippen molar-refractivity contribution in [1.82, 2.24) is 15.1 Å². The average Bonchev–Trinajstić information content (AvgIpc) is 2.98. The fourth-order valence-electron chi connectivity index (χ4n) is 3.51. The van der Waals surface area contributed by atoms with Gasteiger partial charge in [-0.2, -0.15) is 0 Å². The summed E-state index contributed by atoms with van der Waals surface area (Å²) in [6.07, 6.45) is 0.761. The van der Waals surface area contributed by atoms with Gasteiger partial charge in [-0.1, -0.05) is 55.5 Å². The lowest BCUT2D eigenvalue weighted by atomic mass is 9.92. The van der Waals surface area contributed by atoms with Crippen LogP contribution < -0.4 is 10.6 Å². The van der Waals surface area contributed by atoms with E-state index < -0.39 is 29.9 Å². The van der Waals surface area contributed by atoms with Gasteiger partial charge in [-0.05, 0) is 30.5 Å². The van der Waals surface area contributed by atoms with E-state index in [9.17, 15) is 19.2 Å². The Morgan fingerprint density at radius 1 is 1.06 bits per heavy atom. The van der Waals surface area contributed by atoms with Gasteiger partial charge in [0.05, 0.1) is 6.54 Å².